The molecule has 3 aliphatic heterocycles. The number of rotatable bonds is 4. The van der Waals surface area contributed by atoms with Crippen LogP contribution in [0, 0.1) is 0 Å². The van der Waals surface area contributed by atoms with Crippen molar-refractivity contribution in [3.05, 3.63) is 42.0 Å². The topological polar surface area (TPSA) is 36.0 Å². The normalized spacial score (nSPS) is 26.9. The second-order valence-electron chi connectivity index (χ2n) is 9.46. The average Bonchev–Trinajstić information content (AvgIpc) is 3.29. The molecule has 0 aromatic heterocycles. The van der Waals surface area contributed by atoms with Crippen LogP contribution in [0.3, 0.4) is 0 Å². The first-order chi connectivity index (χ1) is 14.6. The second-order valence-corrected chi connectivity index (χ2v) is 9.46. The van der Waals surface area contributed by atoms with E-state index < -0.39 is 0 Å². The monoisotopic (exact) mass is 407 g/mol. The van der Waals surface area contributed by atoms with Crippen LogP contribution in [0.15, 0.2) is 36.4 Å². The van der Waals surface area contributed by atoms with Crippen LogP contribution < -0.4 is 4.90 Å². The summed E-state index contributed by atoms with van der Waals surface area (Å²) >= 11 is 0. The van der Waals surface area contributed by atoms with Gasteiger partial charge in [0.05, 0.1) is 6.10 Å². The summed E-state index contributed by atoms with van der Waals surface area (Å²) in [4.78, 5) is 20.5. The summed E-state index contributed by atoms with van der Waals surface area (Å²) in [7, 11) is 4.10. The van der Waals surface area contributed by atoms with Gasteiger partial charge in [0.2, 0.25) is 0 Å². The Balaban J connectivity index is 1.38. The zero-order valence-electron chi connectivity index (χ0n) is 18.3. The van der Waals surface area contributed by atoms with E-state index in [9.17, 15) is 4.79 Å². The Morgan fingerprint density at radius 1 is 1.10 bits per heavy atom. The third-order valence-electron chi connectivity index (χ3n) is 7.42. The van der Waals surface area contributed by atoms with Crippen LogP contribution in [0.1, 0.15) is 42.5 Å². The SMILES string of the molecule is CN(C)c1ccc(C(=O)N2CCC[C@]3(CCN3C[C@@H]3CCCO3)C2)c2ccccc12. The van der Waals surface area contributed by atoms with E-state index >= 15 is 0 Å². The second kappa shape index (κ2) is 7.86. The fourth-order valence-corrected chi connectivity index (χ4v) is 5.68. The Morgan fingerprint density at radius 2 is 1.93 bits per heavy atom. The van der Waals surface area contributed by atoms with Crippen molar-refractivity contribution in [2.45, 2.75) is 43.7 Å². The molecular formula is C25H33N3O2. The van der Waals surface area contributed by atoms with Crippen molar-refractivity contribution >= 4 is 22.4 Å². The number of likely N-dealkylation sites (tertiary alicyclic amines) is 2. The Kier molecular flexibility index (Phi) is 5.19. The highest BCUT2D eigenvalue weighted by Crippen LogP contribution is 2.40. The summed E-state index contributed by atoms with van der Waals surface area (Å²) in [5.41, 5.74) is 2.15. The number of hydrogen-bond acceptors (Lipinski definition) is 4. The van der Waals surface area contributed by atoms with E-state index in [4.69, 9.17) is 4.74 Å². The van der Waals surface area contributed by atoms with E-state index in [-0.39, 0.29) is 11.4 Å². The number of fused-ring (bicyclic) bond motifs is 1. The number of nitrogens with zero attached hydrogens (tertiary/aromatic N) is 3. The number of hydrogen-bond donors (Lipinski definition) is 0. The highest BCUT2D eigenvalue weighted by molar-refractivity contribution is 6.10. The molecule has 160 valence electrons. The van der Waals surface area contributed by atoms with Crippen molar-refractivity contribution in [1.82, 2.24) is 9.80 Å². The first-order valence-electron chi connectivity index (χ1n) is 11.4. The number of amides is 1. The van der Waals surface area contributed by atoms with E-state index in [1.807, 2.05) is 12.1 Å². The lowest BCUT2D eigenvalue weighted by Crippen LogP contribution is -2.68. The molecule has 3 saturated heterocycles. The molecule has 2 aromatic carbocycles. The largest absolute Gasteiger partial charge is 0.377 e. The van der Waals surface area contributed by atoms with Gasteiger partial charge in [-0.2, -0.15) is 0 Å². The summed E-state index contributed by atoms with van der Waals surface area (Å²) in [5.74, 6) is 0.180. The summed E-state index contributed by atoms with van der Waals surface area (Å²) in [6.07, 6.45) is 6.23. The molecule has 1 amide bonds. The number of ether oxygens (including phenoxy) is 1. The number of anilines is 1. The highest BCUT2D eigenvalue weighted by atomic mass is 16.5. The smallest absolute Gasteiger partial charge is 0.254 e. The minimum atomic E-state index is 0.166. The standard InChI is InChI=1S/C25H33N3O2/c1-26(2)23-11-10-22(20-8-3-4-9-21(20)23)24(29)27-14-6-12-25(18-27)13-15-28(25)17-19-7-5-16-30-19/h3-4,8-11,19H,5-7,12-18H2,1-2H3/t19-,25-/m0/s1. The number of piperidine rings is 1. The van der Waals surface area contributed by atoms with Gasteiger partial charge in [-0.25, -0.2) is 0 Å². The van der Waals surface area contributed by atoms with Gasteiger partial charge in [-0.3, -0.25) is 9.69 Å². The predicted molar refractivity (Wildman–Crippen MR) is 121 cm³/mol. The fraction of sp³-hybridized carbons (Fsp3) is 0.560. The highest BCUT2D eigenvalue weighted by Gasteiger charge is 2.48. The zero-order valence-corrected chi connectivity index (χ0v) is 18.3. The van der Waals surface area contributed by atoms with E-state index in [0.29, 0.717) is 6.10 Å². The molecule has 0 aliphatic carbocycles. The molecule has 0 bridgehead atoms. The van der Waals surface area contributed by atoms with Crippen molar-refractivity contribution in [2.75, 3.05) is 51.8 Å². The number of benzene rings is 2. The van der Waals surface area contributed by atoms with Gasteiger partial charge in [0.1, 0.15) is 0 Å². The van der Waals surface area contributed by atoms with Gasteiger partial charge < -0.3 is 14.5 Å². The van der Waals surface area contributed by atoms with Crippen LogP contribution in [0.2, 0.25) is 0 Å². The minimum Gasteiger partial charge on any atom is -0.377 e. The summed E-state index contributed by atoms with van der Waals surface area (Å²) in [6.45, 7) is 4.79. The van der Waals surface area contributed by atoms with Crippen LogP contribution in [0.25, 0.3) is 10.8 Å². The Hall–Kier alpha value is -2.11. The molecule has 0 saturated carbocycles. The van der Waals surface area contributed by atoms with Gasteiger partial charge in [0.25, 0.3) is 5.91 Å². The maximum Gasteiger partial charge on any atom is 0.254 e. The van der Waals surface area contributed by atoms with Gasteiger partial charge in [-0.05, 0) is 49.6 Å². The van der Waals surface area contributed by atoms with E-state index in [2.05, 4.69) is 53.1 Å². The zero-order chi connectivity index (χ0) is 20.7. The molecule has 0 unspecified atom stereocenters. The summed E-state index contributed by atoms with van der Waals surface area (Å²) < 4.78 is 5.89. The third kappa shape index (κ3) is 3.38. The minimum absolute atomic E-state index is 0.166. The number of carbonyl (C=O) groups is 1. The lowest BCUT2D eigenvalue weighted by Gasteiger charge is -2.57. The third-order valence-corrected chi connectivity index (χ3v) is 7.42. The molecule has 3 fully saturated rings. The molecule has 3 aliphatic rings. The predicted octanol–water partition coefficient (Wildman–Crippen LogP) is 3.77. The van der Waals surface area contributed by atoms with Crippen LogP contribution in [-0.4, -0.2) is 74.2 Å². The summed E-state index contributed by atoms with van der Waals surface area (Å²) in [5, 5.41) is 2.20. The van der Waals surface area contributed by atoms with Gasteiger partial charge in [0, 0.05) is 69.1 Å². The Morgan fingerprint density at radius 3 is 2.63 bits per heavy atom. The van der Waals surface area contributed by atoms with Crippen molar-refractivity contribution in [2.24, 2.45) is 0 Å². The van der Waals surface area contributed by atoms with Gasteiger partial charge in [-0.15, -0.1) is 0 Å². The van der Waals surface area contributed by atoms with Crippen LogP contribution in [0.4, 0.5) is 5.69 Å². The Bertz CT molecular complexity index is 937. The van der Waals surface area contributed by atoms with Crippen molar-refractivity contribution < 1.29 is 9.53 Å². The molecular weight excluding hydrogens is 374 g/mol. The van der Waals surface area contributed by atoms with Crippen molar-refractivity contribution in [3.63, 3.8) is 0 Å². The van der Waals surface area contributed by atoms with Crippen LogP contribution in [-0.2, 0) is 4.74 Å². The molecule has 2 aromatic rings. The maximum atomic E-state index is 13.6. The van der Waals surface area contributed by atoms with E-state index in [0.717, 1.165) is 61.2 Å². The Labute approximate surface area is 179 Å². The molecule has 2 atom stereocenters. The fourth-order valence-electron chi connectivity index (χ4n) is 5.68. The molecule has 5 rings (SSSR count). The van der Waals surface area contributed by atoms with Crippen LogP contribution in [0.5, 0.6) is 0 Å². The van der Waals surface area contributed by atoms with Crippen molar-refractivity contribution in [1.29, 1.82) is 0 Å². The quantitative estimate of drug-likeness (QED) is 0.773. The van der Waals surface area contributed by atoms with Gasteiger partial charge in [0.15, 0.2) is 0 Å². The molecule has 1 spiro atoms. The lowest BCUT2D eigenvalue weighted by molar-refractivity contribution is -0.0806. The molecule has 3 heterocycles. The van der Waals surface area contributed by atoms with Crippen LogP contribution >= 0.6 is 0 Å². The molecule has 0 N–H and O–H groups in total. The molecule has 5 nitrogen and oxygen atoms in total. The first-order valence-corrected chi connectivity index (χ1v) is 11.4. The number of carbonyl (C=O) groups excluding carboxylic acids is 1. The van der Waals surface area contributed by atoms with Crippen molar-refractivity contribution in [3.8, 4) is 0 Å². The molecule has 0 radical (unpaired) electrons. The van der Waals surface area contributed by atoms with Gasteiger partial charge in [-0.1, -0.05) is 24.3 Å². The lowest BCUT2D eigenvalue weighted by atomic mass is 9.77. The van der Waals surface area contributed by atoms with E-state index in [1.54, 1.807) is 0 Å². The maximum absolute atomic E-state index is 13.6. The molecule has 5 heteroatoms. The van der Waals surface area contributed by atoms with E-state index in [1.165, 1.54) is 25.7 Å². The average molecular weight is 408 g/mol. The first kappa shape index (κ1) is 19.8. The molecule has 30 heavy (non-hydrogen) atoms. The summed E-state index contributed by atoms with van der Waals surface area (Å²) in [6, 6.07) is 12.4. The van der Waals surface area contributed by atoms with Gasteiger partial charge >= 0.3 is 0 Å².